The van der Waals surface area contributed by atoms with Gasteiger partial charge in [-0.2, -0.15) is 0 Å². The Morgan fingerprint density at radius 1 is 1.47 bits per heavy atom. The fourth-order valence-corrected chi connectivity index (χ4v) is 3.61. The Kier molecular flexibility index (Phi) is 4.49. The van der Waals surface area contributed by atoms with Gasteiger partial charge in [0.15, 0.2) is 9.84 Å². The van der Waals surface area contributed by atoms with Gasteiger partial charge < -0.3 is 10.6 Å². The van der Waals surface area contributed by atoms with Gasteiger partial charge in [0.25, 0.3) is 0 Å². The molecular formula is C12H17N3O3S. The van der Waals surface area contributed by atoms with E-state index in [1.165, 1.54) is 6.20 Å². The van der Waals surface area contributed by atoms with Gasteiger partial charge in [0.2, 0.25) is 5.91 Å². The van der Waals surface area contributed by atoms with Gasteiger partial charge in [-0.3, -0.25) is 4.79 Å². The third kappa shape index (κ3) is 4.00. The van der Waals surface area contributed by atoms with Crippen molar-refractivity contribution in [1.29, 1.82) is 0 Å². The molecule has 1 aliphatic rings. The molecule has 2 rings (SSSR count). The fraction of sp³-hybridized carbons (Fsp3) is 0.500. The van der Waals surface area contributed by atoms with Crippen molar-refractivity contribution in [3.05, 3.63) is 24.4 Å². The number of sulfone groups is 1. The summed E-state index contributed by atoms with van der Waals surface area (Å²) in [5.74, 6) is -0.663. The Morgan fingerprint density at radius 3 is 2.95 bits per heavy atom. The van der Waals surface area contributed by atoms with Gasteiger partial charge in [-0.1, -0.05) is 6.07 Å². The van der Waals surface area contributed by atoms with Crippen molar-refractivity contribution in [2.24, 2.45) is 0 Å². The Hall–Kier alpha value is -1.47. The number of anilines is 1. The van der Waals surface area contributed by atoms with Crippen molar-refractivity contribution in [3.63, 3.8) is 0 Å². The van der Waals surface area contributed by atoms with E-state index in [0.29, 0.717) is 18.8 Å². The molecule has 7 heteroatoms. The largest absolute Gasteiger partial charge is 0.315 e. The number of carbonyl (C=O) groups excluding carboxylic acids is 1. The maximum absolute atomic E-state index is 12.1. The second-order valence-electron chi connectivity index (χ2n) is 4.54. The van der Waals surface area contributed by atoms with E-state index in [0.717, 1.165) is 13.0 Å². The monoisotopic (exact) mass is 283 g/mol. The maximum atomic E-state index is 12.1. The van der Waals surface area contributed by atoms with Gasteiger partial charge in [-0.25, -0.2) is 13.4 Å². The first-order valence-corrected chi connectivity index (χ1v) is 7.92. The summed E-state index contributed by atoms with van der Waals surface area (Å²) in [6, 6.07) is 5.06. The number of pyridine rings is 1. The topological polar surface area (TPSA) is 88.2 Å². The highest BCUT2D eigenvalue weighted by Gasteiger charge is 2.29. The molecule has 1 atom stereocenters. The van der Waals surface area contributed by atoms with Crippen LogP contribution in [0.2, 0.25) is 0 Å². The molecule has 0 aliphatic carbocycles. The molecule has 0 radical (unpaired) electrons. The van der Waals surface area contributed by atoms with E-state index in [1.807, 2.05) is 0 Å². The molecule has 2 N–H and O–H groups in total. The van der Waals surface area contributed by atoms with Gasteiger partial charge in [0.05, 0.1) is 5.25 Å². The van der Waals surface area contributed by atoms with Crippen LogP contribution in [0.25, 0.3) is 0 Å². The molecule has 1 aliphatic heterocycles. The molecule has 2 heterocycles. The van der Waals surface area contributed by atoms with Crippen LogP contribution in [0.15, 0.2) is 24.4 Å². The van der Waals surface area contributed by atoms with Crippen LogP contribution in [-0.4, -0.2) is 43.4 Å². The van der Waals surface area contributed by atoms with Crippen molar-refractivity contribution in [3.8, 4) is 0 Å². The molecule has 6 nitrogen and oxygen atoms in total. The van der Waals surface area contributed by atoms with E-state index in [9.17, 15) is 13.2 Å². The van der Waals surface area contributed by atoms with Crippen LogP contribution in [0.3, 0.4) is 0 Å². The number of aromatic nitrogens is 1. The van der Waals surface area contributed by atoms with Crippen LogP contribution in [0.5, 0.6) is 0 Å². The van der Waals surface area contributed by atoms with Gasteiger partial charge in [0, 0.05) is 12.7 Å². The third-order valence-corrected chi connectivity index (χ3v) is 5.11. The van der Waals surface area contributed by atoms with Crippen molar-refractivity contribution in [2.75, 3.05) is 24.2 Å². The molecule has 1 fully saturated rings. The number of amides is 1. The number of carbonyl (C=O) groups is 1. The zero-order chi connectivity index (χ0) is 13.7. The lowest BCUT2D eigenvalue weighted by atomic mass is 10.2. The number of rotatable bonds is 4. The highest BCUT2D eigenvalue weighted by molar-refractivity contribution is 7.92. The van der Waals surface area contributed by atoms with Gasteiger partial charge in [0.1, 0.15) is 11.6 Å². The predicted molar refractivity (Wildman–Crippen MR) is 72.5 cm³/mol. The molecule has 104 valence electrons. The standard InChI is InChI=1S/C12H17N3O3S/c16-12(15-11-5-1-2-7-14-11)9-19(17,18)10-4-3-6-13-8-10/h1-2,5,7,10,13H,3-4,6,8-9H2,(H,14,15,16). The maximum Gasteiger partial charge on any atom is 0.240 e. The molecular weight excluding hydrogens is 266 g/mol. The fourth-order valence-electron chi connectivity index (χ4n) is 2.04. The average Bonchev–Trinajstić information content (AvgIpc) is 2.40. The first kappa shape index (κ1) is 14.0. The second kappa shape index (κ2) is 6.12. The smallest absolute Gasteiger partial charge is 0.240 e. The zero-order valence-electron chi connectivity index (χ0n) is 10.5. The summed E-state index contributed by atoms with van der Waals surface area (Å²) >= 11 is 0. The number of hydrogen-bond donors (Lipinski definition) is 2. The van der Waals surface area contributed by atoms with Gasteiger partial charge >= 0.3 is 0 Å². The van der Waals surface area contributed by atoms with Crippen LogP contribution in [-0.2, 0) is 14.6 Å². The summed E-state index contributed by atoms with van der Waals surface area (Å²) in [4.78, 5) is 15.6. The van der Waals surface area contributed by atoms with Gasteiger partial charge in [-0.15, -0.1) is 0 Å². The Labute approximate surface area is 112 Å². The number of hydrogen-bond acceptors (Lipinski definition) is 5. The molecule has 1 aromatic heterocycles. The normalized spacial score (nSPS) is 19.9. The molecule has 0 aromatic carbocycles. The summed E-state index contributed by atoms with van der Waals surface area (Å²) in [5, 5.41) is 5.07. The minimum Gasteiger partial charge on any atom is -0.315 e. The number of nitrogens with one attached hydrogen (secondary N) is 2. The lowest BCUT2D eigenvalue weighted by molar-refractivity contribution is -0.113. The summed E-state index contributed by atoms with van der Waals surface area (Å²) in [7, 11) is -3.40. The third-order valence-electron chi connectivity index (χ3n) is 3.02. The molecule has 0 spiro atoms. The van der Waals surface area contributed by atoms with Crippen LogP contribution in [0.4, 0.5) is 5.82 Å². The first-order chi connectivity index (χ1) is 9.08. The van der Waals surface area contributed by atoms with E-state index in [4.69, 9.17) is 0 Å². The zero-order valence-corrected chi connectivity index (χ0v) is 11.3. The Morgan fingerprint density at radius 2 is 2.32 bits per heavy atom. The van der Waals surface area contributed by atoms with E-state index in [-0.39, 0.29) is 0 Å². The van der Waals surface area contributed by atoms with Crippen molar-refractivity contribution >= 4 is 21.6 Å². The molecule has 0 bridgehead atoms. The minimum atomic E-state index is -3.40. The highest BCUT2D eigenvalue weighted by Crippen LogP contribution is 2.13. The molecule has 1 saturated heterocycles. The molecule has 1 aromatic rings. The van der Waals surface area contributed by atoms with Crippen LogP contribution >= 0.6 is 0 Å². The van der Waals surface area contributed by atoms with Crippen LogP contribution in [0.1, 0.15) is 12.8 Å². The summed E-state index contributed by atoms with van der Waals surface area (Å²) in [5.41, 5.74) is 0. The first-order valence-electron chi connectivity index (χ1n) is 6.21. The number of piperidine rings is 1. The Balaban J connectivity index is 1.94. The van der Waals surface area contributed by atoms with E-state index >= 15 is 0 Å². The van der Waals surface area contributed by atoms with Crippen LogP contribution in [0, 0.1) is 0 Å². The Bertz CT molecular complexity index is 524. The highest BCUT2D eigenvalue weighted by atomic mass is 32.2. The summed E-state index contributed by atoms with van der Waals surface area (Å²) < 4.78 is 24.1. The molecule has 1 unspecified atom stereocenters. The lowest BCUT2D eigenvalue weighted by Gasteiger charge is -2.22. The average molecular weight is 283 g/mol. The second-order valence-corrected chi connectivity index (χ2v) is 6.82. The van der Waals surface area contributed by atoms with Crippen molar-refractivity contribution in [1.82, 2.24) is 10.3 Å². The minimum absolute atomic E-state index is 0.365. The van der Waals surface area contributed by atoms with Gasteiger partial charge in [-0.05, 0) is 31.5 Å². The molecule has 1 amide bonds. The lowest BCUT2D eigenvalue weighted by Crippen LogP contribution is -2.41. The number of nitrogens with zero attached hydrogens (tertiary/aromatic N) is 1. The van der Waals surface area contributed by atoms with Crippen LogP contribution < -0.4 is 10.6 Å². The van der Waals surface area contributed by atoms with E-state index in [1.54, 1.807) is 18.2 Å². The SMILES string of the molecule is O=C(CS(=O)(=O)C1CCCNC1)Nc1ccccn1. The quantitative estimate of drug-likeness (QED) is 0.823. The van der Waals surface area contributed by atoms with Crippen molar-refractivity contribution < 1.29 is 13.2 Å². The van der Waals surface area contributed by atoms with E-state index in [2.05, 4.69) is 15.6 Å². The summed E-state index contributed by atoms with van der Waals surface area (Å²) in [6.07, 6.45) is 2.98. The molecule has 19 heavy (non-hydrogen) atoms. The summed E-state index contributed by atoms with van der Waals surface area (Å²) in [6.45, 7) is 1.27. The van der Waals surface area contributed by atoms with E-state index < -0.39 is 26.7 Å². The molecule has 0 saturated carbocycles. The van der Waals surface area contributed by atoms with Crippen molar-refractivity contribution in [2.45, 2.75) is 18.1 Å². The predicted octanol–water partition coefficient (Wildman–Crippen LogP) is 0.187.